The molecule has 2 unspecified atom stereocenters. The Bertz CT molecular complexity index is 1010. The molecule has 2 aliphatic heterocycles. The molecule has 5 nitrogen and oxygen atoms in total. The quantitative estimate of drug-likeness (QED) is 0.564. The first-order valence-electron chi connectivity index (χ1n) is 10.8. The van der Waals surface area contributed by atoms with Crippen molar-refractivity contribution in [1.82, 2.24) is 4.90 Å². The number of halogens is 1. The monoisotopic (exact) mass is 465 g/mol. The van der Waals surface area contributed by atoms with Gasteiger partial charge in [0.2, 0.25) is 0 Å². The van der Waals surface area contributed by atoms with Gasteiger partial charge in [0.25, 0.3) is 0 Å². The summed E-state index contributed by atoms with van der Waals surface area (Å²) in [5, 5.41) is 1.43. The van der Waals surface area contributed by atoms with E-state index in [1.807, 2.05) is 11.4 Å². The Balaban J connectivity index is 1.27. The summed E-state index contributed by atoms with van der Waals surface area (Å²) in [5.74, 6) is -0.274. The zero-order valence-corrected chi connectivity index (χ0v) is 19.3. The molecule has 1 fully saturated rings. The summed E-state index contributed by atoms with van der Waals surface area (Å²) in [6.07, 6.45) is 3.34. The van der Waals surface area contributed by atoms with Crippen LogP contribution in [0.5, 0.6) is 0 Å². The SMILES string of the molecule is COC1CC(CCCN2CCC(C(=O)c3ccc(F)cc3)CC2)S(=O)(=O)c2sccc21. The topological polar surface area (TPSA) is 63.7 Å². The summed E-state index contributed by atoms with van der Waals surface area (Å²) in [7, 11) is -1.65. The number of piperidine rings is 1. The van der Waals surface area contributed by atoms with Gasteiger partial charge in [0.05, 0.1) is 11.4 Å². The summed E-state index contributed by atoms with van der Waals surface area (Å²) < 4.78 is 45.0. The number of Topliss-reactive ketones (excluding diaryl/α,β-unsaturated/α-hetero) is 1. The van der Waals surface area contributed by atoms with Gasteiger partial charge in [-0.2, -0.15) is 0 Å². The van der Waals surface area contributed by atoms with Crippen LogP contribution in [0.25, 0.3) is 0 Å². The van der Waals surface area contributed by atoms with Crippen molar-refractivity contribution in [3.63, 3.8) is 0 Å². The largest absolute Gasteiger partial charge is 0.377 e. The van der Waals surface area contributed by atoms with E-state index in [9.17, 15) is 17.6 Å². The number of hydrogen-bond donors (Lipinski definition) is 0. The van der Waals surface area contributed by atoms with E-state index in [0.717, 1.165) is 44.5 Å². The first kappa shape index (κ1) is 22.6. The van der Waals surface area contributed by atoms with Crippen molar-refractivity contribution in [3.8, 4) is 0 Å². The van der Waals surface area contributed by atoms with Crippen LogP contribution >= 0.6 is 11.3 Å². The van der Waals surface area contributed by atoms with Gasteiger partial charge in [-0.15, -0.1) is 11.3 Å². The molecule has 0 spiro atoms. The van der Waals surface area contributed by atoms with E-state index in [0.29, 0.717) is 22.6 Å². The minimum Gasteiger partial charge on any atom is -0.377 e. The lowest BCUT2D eigenvalue weighted by molar-refractivity contribution is 0.0833. The number of carbonyl (C=O) groups excluding carboxylic acids is 1. The van der Waals surface area contributed by atoms with Gasteiger partial charge in [0.15, 0.2) is 15.6 Å². The number of likely N-dealkylation sites (tertiary alicyclic amines) is 1. The normalized spacial score (nSPS) is 24.1. The lowest BCUT2D eigenvalue weighted by Crippen LogP contribution is -2.37. The molecular formula is C23H28FNO4S2. The van der Waals surface area contributed by atoms with Gasteiger partial charge in [0.1, 0.15) is 10.0 Å². The fourth-order valence-corrected chi connectivity index (χ4v) is 8.25. The second kappa shape index (κ2) is 9.48. The molecule has 0 N–H and O–H groups in total. The van der Waals surface area contributed by atoms with Crippen LogP contribution in [0.2, 0.25) is 0 Å². The van der Waals surface area contributed by atoms with Crippen molar-refractivity contribution in [3.05, 3.63) is 52.7 Å². The summed E-state index contributed by atoms with van der Waals surface area (Å²) >= 11 is 1.29. The van der Waals surface area contributed by atoms with E-state index in [4.69, 9.17) is 4.74 Å². The maximum Gasteiger partial charge on any atom is 0.191 e. The van der Waals surface area contributed by atoms with E-state index in [2.05, 4.69) is 4.90 Å². The van der Waals surface area contributed by atoms with Crippen LogP contribution < -0.4 is 0 Å². The number of thiophene rings is 1. The standard InChI is InChI=1S/C23H28FNO4S2/c1-29-21-15-19(31(27,28)23-20(21)10-14-30-23)3-2-11-25-12-8-17(9-13-25)22(26)16-4-6-18(24)7-5-16/h4-7,10,14,17,19,21H,2-3,8-9,11-13,15H2,1H3. The molecular weight excluding hydrogens is 437 g/mol. The van der Waals surface area contributed by atoms with Gasteiger partial charge in [-0.3, -0.25) is 4.79 Å². The molecule has 0 saturated carbocycles. The van der Waals surface area contributed by atoms with Gasteiger partial charge in [0, 0.05) is 24.2 Å². The Hall–Kier alpha value is -1.61. The molecule has 0 bridgehead atoms. The minimum atomic E-state index is -3.29. The zero-order chi connectivity index (χ0) is 22.0. The van der Waals surface area contributed by atoms with Crippen molar-refractivity contribution in [2.75, 3.05) is 26.7 Å². The van der Waals surface area contributed by atoms with Gasteiger partial charge in [-0.05, 0) is 87.5 Å². The maximum atomic E-state index is 13.1. The average Bonchev–Trinajstić information content (AvgIpc) is 3.27. The number of methoxy groups -OCH3 is 1. The van der Waals surface area contributed by atoms with Crippen LogP contribution in [0.15, 0.2) is 39.9 Å². The Morgan fingerprint density at radius 2 is 1.90 bits per heavy atom. The maximum absolute atomic E-state index is 13.1. The third-order valence-corrected chi connectivity index (χ3v) is 10.3. The molecule has 8 heteroatoms. The van der Waals surface area contributed by atoms with E-state index in [1.54, 1.807) is 19.2 Å². The summed E-state index contributed by atoms with van der Waals surface area (Å²) in [4.78, 5) is 14.9. The Kier molecular flexibility index (Phi) is 6.91. The lowest BCUT2D eigenvalue weighted by Gasteiger charge is -2.32. The van der Waals surface area contributed by atoms with Crippen molar-refractivity contribution >= 4 is 27.0 Å². The fraction of sp³-hybridized carbons (Fsp3) is 0.522. The van der Waals surface area contributed by atoms with E-state index in [1.165, 1.54) is 23.5 Å². The number of nitrogens with zero attached hydrogens (tertiary/aromatic N) is 1. The van der Waals surface area contributed by atoms with Crippen LogP contribution in [0.4, 0.5) is 4.39 Å². The number of fused-ring (bicyclic) bond motifs is 1. The molecule has 3 heterocycles. The molecule has 1 aromatic carbocycles. The lowest BCUT2D eigenvalue weighted by atomic mass is 9.89. The summed E-state index contributed by atoms with van der Waals surface area (Å²) in [6.45, 7) is 2.48. The second-order valence-corrected chi connectivity index (χ2v) is 11.8. The first-order valence-corrected chi connectivity index (χ1v) is 13.2. The molecule has 1 aromatic heterocycles. The Labute approximate surface area is 187 Å². The van der Waals surface area contributed by atoms with Crippen LogP contribution in [0.1, 0.15) is 54.1 Å². The van der Waals surface area contributed by atoms with Crippen LogP contribution in [-0.4, -0.2) is 51.1 Å². The van der Waals surface area contributed by atoms with Crippen LogP contribution in [0.3, 0.4) is 0 Å². The number of hydrogen-bond acceptors (Lipinski definition) is 6. The van der Waals surface area contributed by atoms with Crippen LogP contribution in [0, 0.1) is 11.7 Å². The third kappa shape index (κ3) is 4.77. The number of benzene rings is 1. The molecule has 1 saturated heterocycles. The van der Waals surface area contributed by atoms with Gasteiger partial charge in [-0.25, -0.2) is 12.8 Å². The minimum absolute atomic E-state index is 0.0276. The highest BCUT2D eigenvalue weighted by molar-refractivity contribution is 7.94. The van der Waals surface area contributed by atoms with Crippen molar-refractivity contribution < 1.29 is 22.3 Å². The number of ether oxygens (including phenoxy) is 1. The van der Waals surface area contributed by atoms with Crippen LogP contribution in [-0.2, 0) is 14.6 Å². The predicted molar refractivity (Wildman–Crippen MR) is 119 cm³/mol. The van der Waals surface area contributed by atoms with Crippen molar-refractivity contribution in [2.24, 2.45) is 5.92 Å². The molecule has 0 amide bonds. The van der Waals surface area contributed by atoms with Gasteiger partial charge >= 0.3 is 0 Å². The Morgan fingerprint density at radius 1 is 1.19 bits per heavy atom. The Morgan fingerprint density at radius 3 is 2.58 bits per heavy atom. The molecule has 2 aromatic rings. The molecule has 168 valence electrons. The first-order chi connectivity index (χ1) is 14.9. The molecule has 2 atom stereocenters. The van der Waals surface area contributed by atoms with E-state index < -0.39 is 15.1 Å². The number of sulfone groups is 1. The van der Waals surface area contributed by atoms with E-state index >= 15 is 0 Å². The third-order valence-electron chi connectivity index (χ3n) is 6.55. The van der Waals surface area contributed by atoms with Gasteiger partial charge < -0.3 is 9.64 Å². The molecule has 0 aliphatic carbocycles. The smallest absolute Gasteiger partial charge is 0.191 e. The molecule has 31 heavy (non-hydrogen) atoms. The second-order valence-electron chi connectivity index (χ2n) is 8.42. The number of ketones is 1. The van der Waals surface area contributed by atoms with E-state index in [-0.39, 0.29) is 23.6 Å². The highest BCUT2D eigenvalue weighted by Gasteiger charge is 2.39. The van der Waals surface area contributed by atoms with Gasteiger partial charge in [-0.1, -0.05) is 0 Å². The molecule has 2 aliphatic rings. The number of carbonyl (C=O) groups is 1. The highest BCUT2D eigenvalue weighted by Crippen LogP contribution is 2.42. The fourth-order valence-electron chi connectivity index (χ4n) is 4.73. The molecule has 4 rings (SSSR count). The number of rotatable bonds is 7. The van der Waals surface area contributed by atoms with Crippen molar-refractivity contribution in [2.45, 2.75) is 47.7 Å². The predicted octanol–water partition coefficient (Wildman–Crippen LogP) is 4.50. The summed E-state index contributed by atoms with van der Waals surface area (Å²) in [5.41, 5.74) is 1.37. The zero-order valence-electron chi connectivity index (χ0n) is 17.6. The summed E-state index contributed by atoms with van der Waals surface area (Å²) in [6, 6.07) is 7.63. The highest BCUT2D eigenvalue weighted by atomic mass is 32.2. The molecule has 0 radical (unpaired) electrons. The average molecular weight is 466 g/mol. The van der Waals surface area contributed by atoms with Crippen molar-refractivity contribution in [1.29, 1.82) is 0 Å².